The molecule has 5 heteroatoms. The summed E-state index contributed by atoms with van der Waals surface area (Å²) in [4.78, 5) is 0. The monoisotopic (exact) mass is 200 g/mol. The summed E-state index contributed by atoms with van der Waals surface area (Å²) >= 11 is 3.29. The normalized spacial score (nSPS) is 8.50. The number of hydrogen-bond donors (Lipinski definition) is 2. The predicted octanol–water partition coefficient (Wildman–Crippen LogP) is 1.79. The third-order valence-electron chi connectivity index (χ3n) is 0.689. The number of amidine groups is 1. The average molecular weight is 201 g/mol. The number of nitrogens with one attached hydrogen (secondary N) is 1. The highest BCUT2D eigenvalue weighted by molar-refractivity contribution is 8.14. The molecule has 0 saturated heterocycles. The molecule has 0 radical (unpaired) electrons. The molecular weight excluding hydrogens is 188 g/mol. The average Bonchev–Trinajstić information content (AvgIpc) is 1.80. The molecule has 3 N–H and O–H groups in total. The van der Waals surface area contributed by atoms with Crippen molar-refractivity contribution in [2.24, 2.45) is 5.73 Å². The van der Waals surface area contributed by atoms with Crippen LogP contribution < -0.4 is 5.73 Å². The van der Waals surface area contributed by atoms with E-state index in [2.05, 4.69) is 6.92 Å². The Morgan fingerprint density at radius 2 is 2.10 bits per heavy atom. The van der Waals surface area contributed by atoms with E-state index in [0.717, 1.165) is 17.3 Å². The molecule has 0 atom stereocenters. The lowest BCUT2D eigenvalue weighted by Gasteiger charge is -1.95. The van der Waals surface area contributed by atoms with Gasteiger partial charge >= 0.3 is 0 Å². The lowest BCUT2D eigenvalue weighted by atomic mass is 10.9. The molecule has 0 spiro atoms. The molecule has 0 fully saturated rings. The van der Waals surface area contributed by atoms with Gasteiger partial charge in [-0.3, -0.25) is 5.41 Å². The molecule has 2 nitrogen and oxygen atoms in total. The van der Waals surface area contributed by atoms with Crippen molar-refractivity contribution >= 4 is 41.1 Å². The predicted molar refractivity (Wildman–Crippen MR) is 54.6 cm³/mol. The molecule has 0 aromatic rings. The van der Waals surface area contributed by atoms with E-state index in [-0.39, 0.29) is 17.6 Å². The van der Waals surface area contributed by atoms with E-state index < -0.39 is 0 Å². The van der Waals surface area contributed by atoms with Gasteiger partial charge in [0.1, 0.15) is 0 Å². The fourth-order valence-corrected chi connectivity index (χ4v) is 1.67. The van der Waals surface area contributed by atoms with E-state index in [9.17, 15) is 0 Å². The highest BCUT2D eigenvalue weighted by Gasteiger charge is 1.89. The number of nitrogens with two attached hydrogens (primary N) is 1. The molecule has 62 valence electrons. The third-order valence-corrected chi connectivity index (χ3v) is 2.57. The minimum Gasteiger partial charge on any atom is -0.379 e. The van der Waals surface area contributed by atoms with E-state index in [1.54, 1.807) is 0 Å². The van der Waals surface area contributed by atoms with Gasteiger partial charge in [-0.1, -0.05) is 18.7 Å². The van der Waals surface area contributed by atoms with Crippen molar-refractivity contribution in [3.8, 4) is 0 Å². The Kier molecular flexibility index (Phi) is 12.4. The van der Waals surface area contributed by atoms with Crippen molar-refractivity contribution in [1.29, 1.82) is 5.41 Å². The van der Waals surface area contributed by atoms with Gasteiger partial charge in [0.2, 0.25) is 0 Å². The molecule has 0 aliphatic heterocycles. The van der Waals surface area contributed by atoms with Crippen LogP contribution in [0, 0.1) is 5.41 Å². The van der Waals surface area contributed by atoms with Crippen LogP contribution in [0.15, 0.2) is 0 Å². The van der Waals surface area contributed by atoms with Gasteiger partial charge in [0, 0.05) is 11.5 Å². The molecule has 0 amide bonds. The van der Waals surface area contributed by atoms with E-state index >= 15 is 0 Å². The summed E-state index contributed by atoms with van der Waals surface area (Å²) in [7, 11) is 0. The smallest absolute Gasteiger partial charge is 0.151 e. The molecule has 0 aliphatic carbocycles. The van der Waals surface area contributed by atoms with Crippen molar-refractivity contribution in [3.63, 3.8) is 0 Å². The van der Waals surface area contributed by atoms with Gasteiger partial charge in [-0.15, -0.1) is 12.4 Å². The lowest BCUT2D eigenvalue weighted by molar-refractivity contribution is 1.47. The van der Waals surface area contributed by atoms with E-state index in [1.807, 2.05) is 11.8 Å². The first kappa shape index (κ1) is 13.1. The molecule has 0 bridgehead atoms. The number of halogens is 1. The summed E-state index contributed by atoms with van der Waals surface area (Å²) in [6.07, 6.45) is 0. The quantitative estimate of drug-likeness (QED) is 0.413. The van der Waals surface area contributed by atoms with Crippen LogP contribution in [0.1, 0.15) is 6.92 Å². The van der Waals surface area contributed by atoms with Crippen molar-refractivity contribution < 1.29 is 0 Å². The molecule has 0 unspecified atom stereocenters. The minimum atomic E-state index is 0. The van der Waals surface area contributed by atoms with Gasteiger partial charge in [-0.05, 0) is 5.75 Å². The van der Waals surface area contributed by atoms with Crippen molar-refractivity contribution in [2.75, 3.05) is 17.3 Å². The molecular formula is C5H13ClN2S2. The molecule has 0 heterocycles. The highest BCUT2D eigenvalue weighted by atomic mass is 35.5. The zero-order chi connectivity index (χ0) is 7.11. The van der Waals surface area contributed by atoms with Crippen molar-refractivity contribution in [1.82, 2.24) is 0 Å². The van der Waals surface area contributed by atoms with Gasteiger partial charge in [0.15, 0.2) is 5.17 Å². The van der Waals surface area contributed by atoms with Crippen LogP contribution in [0.3, 0.4) is 0 Å². The Balaban J connectivity index is 0. The Hall–Kier alpha value is 0.460. The Morgan fingerprint density at radius 1 is 1.50 bits per heavy atom. The maximum Gasteiger partial charge on any atom is 0.151 e. The molecule has 10 heavy (non-hydrogen) atoms. The Morgan fingerprint density at radius 3 is 2.50 bits per heavy atom. The van der Waals surface area contributed by atoms with E-state index in [1.165, 1.54) is 11.8 Å². The van der Waals surface area contributed by atoms with Crippen molar-refractivity contribution in [2.45, 2.75) is 6.92 Å². The van der Waals surface area contributed by atoms with Crippen LogP contribution >= 0.6 is 35.9 Å². The summed E-state index contributed by atoms with van der Waals surface area (Å²) in [6.45, 7) is 2.13. The fourth-order valence-electron chi connectivity index (χ4n) is 0.355. The second-order valence-corrected chi connectivity index (χ2v) is 3.94. The largest absolute Gasteiger partial charge is 0.379 e. The maximum atomic E-state index is 6.86. The third kappa shape index (κ3) is 11.3. The van der Waals surface area contributed by atoms with Gasteiger partial charge in [-0.25, -0.2) is 0 Å². The topological polar surface area (TPSA) is 49.9 Å². The van der Waals surface area contributed by atoms with E-state index in [4.69, 9.17) is 11.1 Å². The Bertz CT molecular complexity index is 89.7. The number of rotatable bonds is 4. The first-order valence-corrected chi connectivity index (χ1v) is 4.96. The van der Waals surface area contributed by atoms with Gasteiger partial charge in [0.05, 0.1) is 0 Å². The molecule has 0 aromatic carbocycles. The first-order valence-electron chi connectivity index (χ1n) is 2.82. The van der Waals surface area contributed by atoms with Gasteiger partial charge in [-0.2, -0.15) is 11.8 Å². The van der Waals surface area contributed by atoms with Crippen LogP contribution in [0.5, 0.6) is 0 Å². The summed E-state index contributed by atoms with van der Waals surface area (Å²) < 4.78 is 0. The van der Waals surface area contributed by atoms with Crippen LogP contribution in [0.4, 0.5) is 0 Å². The van der Waals surface area contributed by atoms with Crippen LogP contribution in [-0.4, -0.2) is 22.4 Å². The summed E-state index contributed by atoms with van der Waals surface area (Å²) in [5, 5.41) is 7.09. The number of thioether (sulfide) groups is 2. The van der Waals surface area contributed by atoms with Crippen LogP contribution in [0.2, 0.25) is 0 Å². The zero-order valence-corrected chi connectivity index (χ0v) is 8.37. The van der Waals surface area contributed by atoms with Gasteiger partial charge < -0.3 is 5.73 Å². The standard InChI is InChI=1S/C5H12N2S2.ClH/c1-2-8-3-4-9-5(6)7;/h2-4H2,1H3,(H3,6,7);1H. The van der Waals surface area contributed by atoms with Gasteiger partial charge in [0.25, 0.3) is 0 Å². The maximum absolute atomic E-state index is 6.86. The van der Waals surface area contributed by atoms with Crippen molar-refractivity contribution in [3.05, 3.63) is 0 Å². The van der Waals surface area contributed by atoms with Crippen LogP contribution in [0.25, 0.3) is 0 Å². The molecule has 0 aromatic heterocycles. The molecule has 0 saturated carbocycles. The fraction of sp³-hybridized carbons (Fsp3) is 0.800. The zero-order valence-electron chi connectivity index (χ0n) is 5.92. The molecule has 0 aliphatic rings. The SMILES string of the molecule is CCSCCSC(=N)N.Cl. The summed E-state index contributed by atoms with van der Waals surface area (Å²) in [6, 6.07) is 0. The van der Waals surface area contributed by atoms with Crippen LogP contribution in [-0.2, 0) is 0 Å². The summed E-state index contributed by atoms with van der Waals surface area (Å²) in [5.74, 6) is 3.22. The van der Waals surface area contributed by atoms with E-state index in [0.29, 0.717) is 0 Å². The second kappa shape index (κ2) is 9.46. The first-order chi connectivity index (χ1) is 4.27. The molecule has 0 rings (SSSR count). The second-order valence-electron chi connectivity index (χ2n) is 1.41. The lowest BCUT2D eigenvalue weighted by Crippen LogP contribution is -2.05. The minimum absolute atomic E-state index is 0. The number of hydrogen-bond acceptors (Lipinski definition) is 3. The Labute approximate surface area is 76.6 Å². The highest BCUT2D eigenvalue weighted by Crippen LogP contribution is 2.04. The summed E-state index contributed by atoms with van der Waals surface area (Å²) in [5.41, 5.74) is 5.11.